The van der Waals surface area contributed by atoms with E-state index < -0.39 is 12.1 Å². The summed E-state index contributed by atoms with van der Waals surface area (Å²) in [6.45, 7) is 4.12. The van der Waals surface area contributed by atoms with Gasteiger partial charge < -0.3 is 9.88 Å². The first kappa shape index (κ1) is 25.4. The Kier molecular flexibility index (Phi) is 6.02. The van der Waals surface area contributed by atoms with Crippen molar-refractivity contribution in [2.45, 2.75) is 70.9 Å². The van der Waals surface area contributed by atoms with E-state index >= 15 is 0 Å². The van der Waals surface area contributed by atoms with Gasteiger partial charge in [-0.25, -0.2) is 0 Å². The zero-order chi connectivity index (χ0) is 27.6. The number of nitrogens with one attached hydrogen (secondary N) is 3. The zero-order valence-corrected chi connectivity index (χ0v) is 23.3. The highest BCUT2D eigenvalue weighted by molar-refractivity contribution is 6.03. The number of amides is 3. The third-order valence-corrected chi connectivity index (χ3v) is 10.1. The maximum absolute atomic E-state index is 14.0. The van der Waals surface area contributed by atoms with Crippen molar-refractivity contribution in [1.29, 1.82) is 0 Å². The normalized spacial score (nSPS) is 29.2. The predicted molar refractivity (Wildman–Crippen MR) is 153 cm³/mol. The second-order valence-electron chi connectivity index (χ2n) is 13.3. The predicted octanol–water partition coefficient (Wildman–Crippen LogP) is 5.49. The first-order valence-electron chi connectivity index (χ1n) is 14.9. The van der Waals surface area contributed by atoms with E-state index in [1.807, 2.05) is 54.7 Å². The molecule has 4 saturated carbocycles. The zero-order valence-electron chi connectivity index (χ0n) is 23.3. The van der Waals surface area contributed by atoms with Gasteiger partial charge in [0.05, 0.1) is 11.5 Å². The van der Waals surface area contributed by atoms with E-state index in [9.17, 15) is 14.4 Å². The maximum atomic E-state index is 14.0. The fourth-order valence-corrected chi connectivity index (χ4v) is 8.81. The van der Waals surface area contributed by atoms with E-state index in [4.69, 9.17) is 0 Å². The minimum absolute atomic E-state index is 0.0486. The van der Waals surface area contributed by atoms with Crippen LogP contribution in [0.5, 0.6) is 0 Å². The molecule has 5 aliphatic rings. The van der Waals surface area contributed by atoms with Crippen LogP contribution in [0.25, 0.3) is 10.9 Å². The molecule has 2 aromatic carbocycles. The molecular formula is C33H38N4O3. The second kappa shape index (κ2) is 9.50. The molecule has 40 heavy (non-hydrogen) atoms. The largest absolute Gasteiger partial charge is 0.361 e. The Labute approximate surface area is 235 Å². The summed E-state index contributed by atoms with van der Waals surface area (Å²) in [6.07, 6.45) is 8.98. The average molecular weight is 539 g/mol. The number of para-hydroxylation sites is 1. The molecule has 0 saturated heterocycles. The number of aromatic nitrogens is 1. The molecule has 3 N–H and O–H groups in total. The quantitative estimate of drug-likeness (QED) is 0.362. The minimum atomic E-state index is -0.741. The number of rotatable bonds is 6. The van der Waals surface area contributed by atoms with E-state index in [0.717, 1.165) is 41.3 Å². The van der Waals surface area contributed by atoms with Crippen molar-refractivity contribution in [3.8, 4) is 0 Å². The lowest BCUT2D eigenvalue weighted by atomic mass is 9.49. The summed E-state index contributed by atoms with van der Waals surface area (Å²) in [4.78, 5) is 46.6. The Bertz CT molecular complexity index is 1450. The molecule has 2 unspecified atom stereocenters. The van der Waals surface area contributed by atoms with Gasteiger partial charge in [-0.15, -0.1) is 0 Å². The Morgan fingerprint density at radius 2 is 1.57 bits per heavy atom. The highest BCUT2D eigenvalue weighted by atomic mass is 16.2. The molecule has 2 heterocycles. The Balaban J connectivity index is 1.19. The fraction of sp³-hybridized carbons (Fsp3) is 0.485. The van der Waals surface area contributed by atoms with Crippen molar-refractivity contribution >= 4 is 28.6 Å². The summed E-state index contributed by atoms with van der Waals surface area (Å²) in [5, 5.41) is 1.03. The van der Waals surface area contributed by atoms with Gasteiger partial charge in [0.25, 0.3) is 11.8 Å². The molecular weight excluding hydrogens is 500 g/mol. The van der Waals surface area contributed by atoms with Gasteiger partial charge in [0, 0.05) is 28.2 Å². The number of carbonyl (C=O) groups is 3. The summed E-state index contributed by atoms with van der Waals surface area (Å²) in [5.41, 5.74) is 8.77. The summed E-state index contributed by atoms with van der Waals surface area (Å²) in [5.74, 6) is 1.54. The molecule has 3 amide bonds. The number of hydrogen-bond acceptors (Lipinski definition) is 3. The molecule has 4 fully saturated rings. The molecule has 1 aromatic heterocycles. The van der Waals surface area contributed by atoms with Gasteiger partial charge in [0.2, 0.25) is 5.91 Å². The number of aromatic amines is 1. The van der Waals surface area contributed by atoms with Crippen LogP contribution in [0, 0.1) is 29.1 Å². The topological polar surface area (TPSA) is 94.3 Å². The second-order valence-corrected chi connectivity index (χ2v) is 13.3. The van der Waals surface area contributed by atoms with Gasteiger partial charge in [0.1, 0.15) is 6.04 Å². The SMILES string of the molecule is CC(C)CC(C(=O)NNC(=O)C12CC3CC(CC(C3)C1)C2)N1C(=O)c2ccccc2C1c1c[nH]c2ccccc12. The van der Waals surface area contributed by atoms with Gasteiger partial charge in [-0.3, -0.25) is 25.2 Å². The van der Waals surface area contributed by atoms with Crippen LogP contribution in [-0.2, 0) is 9.59 Å². The molecule has 208 valence electrons. The first-order chi connectivity index (χ1) is 19.3. The Morgan fingerprint density at radius 3 is 2.27 bits per heavy atom. The van der Waals surface area contributed by atoms with E-state index in [2.05, 4.69) is 29.7 Å². The lowest BCUT2D eigenvalue weighted by molar-refractivity contribution is -0.149. The van der Waals surface area contributed by atoms with Crippen molar-refractivity contribution in [3.63, 3.8) is 0 Å². The fourth-order valence-electron chi connectivity index (χ4n) is 8.81. The van der Waals surface area contributed by atoms with Gasteiger partial charge in [0.15, 0.2) is 0 Å². The molecule has 8 rings (SSSR count). The third kappa shape index (κ3) is 4.04. The minimum Gasteiger partial charge on any atom is -0.361 e. The van der Waals surface area contributed by atoms with Crippen LogP contribution in [0.4, 0.5) is 0 Å². The molecule has 0 radical (unpaired) electrons. The van der Waals surface area contributed by atoms with Crippen LogP contribution in [0.1, 0.15) is 86.3 Å². The number of hydrazine groups is 1. The number of hydrogen-bond donors (Lipinski definition) is 3. The van der Waals surface area contributed by atoms with E-state index in [1.165, 1.54) is 19.3 Å². The van der Waals surface area contributed by atoms with Crippen molar-refractivity contribution in [1.82, 2.24) is 20.7 Å². The number of benzene rings is 2. The van der Waals surface area contributed by atoms with Crippen LogP contribution in [0.3, 0.4) is 0 Å². The third-order valence-electron chi connectivity index (χ3n) is 10.1. The summed E-state index contributed by atoms with van der Waals surface area (Å²) >= 11 is 0. The van der Waals surface area contributed by atoms with Crippen molar-refractivity contribution in [3.05, 3.63) is 71.4 Å². The summed E-state index contributed by atoms with van der Waals surface area (Å²) in [7, 11) is 0. The summed E-state index contributed by atoms with van der Waals surface area (Å²) < 4.78 is 0. The lowest BCUT2D eigenvalue weighted by Gasteiger charge is -2.55. The molecule has 7 heteroatoms. The van der Waals surface area contributed by atoms with Crippen molar-refractivity contribution in [2.75, 3.05) is 0 Å². The smallest absolute Gasteiger partial charge is 0.261 e. The number of carbonyl (C=O) groups excluding carboxylic acids is 3. The molecule has 7 nitrogen and oxygen atoms in total. The highest BCUT2D eigenvalue weighted by Crippen LogP contribution is 2.60. The van der Waals surface area contributed by atoms with Crippen LogP contribution >= 0.6 is 0 Å². The molecule has 2 atom stereocenters. The van der Waals surface area contributed by atoms with Crippen molar-refractivity contribution < 1.29 is 14.4 Å². The summed E-state index contributed by atoms with van der Waals surface area (Å²) in [6, 6.07) is 14.5. The monoisotopic (exact) mass is 538 g/mol. The standard InChI is InChI=1S/C33H38N4O3/c1-19(2)11-28(30(38)35-36-32(40)33-15-20-12-21(16-33)14-22(13-20)17-33)37-29(24-8-3-4-9-25(24)31(37)39)26-18-34-27-10-6-5-7-23(26)27/h3-10,18-22,28-29,34H,11-17H2,1-2H3,(H,35,38)(H,36,40). The van der Waals surface area contributed by atoms with Gasteiger partial charge in [-0.05, 0) is 86.3 Å². The maximum Gasteiger partial charge on any atom is 0.261 e. The molecule has 1 aliphatic heterocycles. The van der Waals surface area contributed by atoms with Gasteiger partial charge >= 0.3 is 0 Å². The number of nitrogens with zero attached hydrogens (tertiary/aromatic N) is 1. The van der Waals surface area contributed by atoms with Crippen LogP contribution in [0.15, 0.2) is 54.7 Å². The number of fused-ring (bicyclic) bond motifs is 2. The Hall–Kier alpha value is -3.61. The van der Waals surface area contributed by atoms with E-state index in [0.29, 0.717) is 29.7 Å². The number of H-pyrrole nitrogens is 1. The first-order valence-corrected chi connectivity index (χ1v) is 14.9. The van der Waals surface area contributed by atoms with Crippen LogP contribution in [0.2, 0.25) is 0 Å². The lowest BCUT2D eigenvalue weighted by Crippen LogP contribution is -2.59. The van der Waals surface area contributed by atoms with E-state index in [1.54, 1.807) is 4.90 Å². The van der Waals surface area contributed by atoms with Crippen LogP contribution in [-0.4, -0.2) is 33.6 Å². The van der Waals surface area contributed by atoms with Crippen molar-refractivity contribution in [2.24, 2.45) is 29.1 Å². The highest BCUT2D eigenvalue weighted by Gasteiger charge is 2.55. The Morgan fingerprint density at radius 1 is 0.925 bits per heavy atom. The van der Waals surface area contributed by atoms with E-state index in [-0.39, 0.29) is 29.1 Å². The average Bonchev–Trinajstić information content (AvgIpc) is 3.48. The van der Waals surface area contributed by atoms with Crippen LogP contribution < -0.4 is 10.9 Å². The van der Waals surface area contributed by atoms with Gasteiger partial charge in [-0.2, -0.15) is 0 Å². The molecule has 4 aliphatic carbocycles. The van der Waals surface area contributed by atoms with Gasteiger partial charge in [-0.1, -0.05) is 50.2 Å². The molecule has 4 bridgehead atoms. The molecule has 3 aromatic rings. The molecule has 0 spiro atoms.